The van der Waals surface area contributed by atoms with Gasteiger partial charge in [-0.05, 0) is 38.4 Å². The molecule has 2 heterocycles. The van der Waals surface area contributed by atoms with E-state index in [-0.39, 0.29) is 11.8 Å². The molecular weight excluding hydrogens is 316 g/mol. The number of likely N-dealkylation sites (tertiary alicyclic amines) is 1. The molecule has 0 bridgehead atoms. The lowest BCUT2D eigenvalue weighted by Crippen LogP contribution is -2.54. The Hall–Kier alpha value is -1.92. The van der Waals surface area contributed by atoms with Crippen LogP contribution in [0.4, 0.5) is 0 Å². The highest BCUT2D eigenvalue weighted by Gasteiger charge is 2.28. The van der Waals surface area contributed by atoms with Gasteiger partial charge in [0, 0.05) is 26.2 Å². The predicted molar refractivity (Wildman–Crippen MR) is 96.9 cm³/mol. The van der Waals surface area contributed by atoms with E-state index >= 15 is 0 Å². The number of amides is 2. The molecule has 0 aromatic heterocycles. The second-order valence-corrected chi connectivity index (χ2v) is 7.08. The van der Waals surface area contributed by atoms with E-state index in [1.165, 1.54) is 12.8 Å². The van der Waals surface area contributed by atoms with Crippen molar-refractivity contribution in [3.05, 3.63) is 35.4 Å². The van der Waals surface area contributed by atoms with Crippen molar-refractivity contribution in [2.24, 2.45) is 5.73 Å². The van der Waals surface area contributed by atoms with Crippen molar-refractivity contribution >= 4 is 11.8 Å². The van der Waals surface area contributed by atoms with Gasteiger partial charge in [0.15, 0.2) is 0 Å². The summed E-state index contributed by atoms with van der Waals surface area (Å²) in [6, 6.07) is 7.13. The van der Waals surface area contributed by atoms with Gasteiger partial charge in [-0.1, -0.05) is 29.8 Å². The number of aryl methyl sites for hydroxylation is 1. The number of piperazine rings is 1. The molecule has 25 heavy (non-hydrogen) atoms. The third-order valence-corrected chi connectivity index (χ3v) is 5.20. The van der Waals surface area contributed by atoms with Crippen LogP contribution in [0.15, 0.2) is 24.3 Å². The van der Waals surface area contributed by atoms with Crippen molar-refractivity contribution < 1.29 is 9.59 Å². The Morgan fingerprint density at radius 3 is 2.12 bits per heavy atom. The third-order valence-electron chi connectivity index (χ3n) is 5.20. The molecule has 0 saturated carbocycles. The lowest BCUT2D eigenvalue weighted by molar-refractivity contribution is -0.140. The van der Waals surface area contributed by atoms with Gasteiger partial charge in [-0.15, -0.1) is 0 Å². The molecule has 136 valence electrons. The van der Waals surface area contributed by atoms with E-state index in [1.807, 2.05) is 36.1 Å². The third kappa shape index (κ3) is 4.38. The van der Waals surface area contributed by atoms with Crippen molar-refractivity contribution in [2.75, 3.05) is 45.8 Å². The zero-order chi connectivity index (χ0) is 17.8. The van der Waals surface area contributed by atoms with E-state index in [2.05, 4.69) is 4.90 Å². The largest absolute Gasteiger partial charge is 0.338 e. The average molecular weight is 344 g/mol. The van der Waals surface area contributed by atoms with Crippen molar-refractivity contribution in [3.8, 4) is 0 Å². The van der Waals surface area contributed by atoms with Gasteiger partial charge in [0.05, 0.1) is 6.54 Å². The number of carbonyl (C=O) groups is 2. The molecule has 6 nitrogen and oxygen atoms in total. The Balaban J connectivity index is 1.50. The summed E-state index contributed by atoms with van der Waals surface area (Å²) >= 11 is 0. The van der Waals surface area contributed by atoms with Gasteiger partial charge >= 0.3 is 0 Å². The Labute approximate surface area is 149 Å². The maximum Gasteiger partial charge on any atom is 0.244 e. The molecule has 0 aliphatic carbocycles. The number of rotatable bonds is 4. The van der Waals surface area contributed by atoms with Crippen molar-refractivity contribution in [1.29, 1.82) is 0 Å². The lowest BCUT2D eigenvalue weighted by Gasteiger charge is -2.36. The van der Waals surface area contributed by atoms with Gasteiger partial charge in [0.1, 0.15) is 6.04 Å². The molecule has 1 aromatic rings. The predicted octanol–water partition coefficient (Wildman–Crippen LogP) is 0.761. The molecule has 2 fully saturated rings. The first-order chi connectivity index (χ1) is 12.0. The number of nitrogens with two attached hydrogens (primary N) is 1. The minimum absolute atomic E-state index is 0.0597. The highest BCUT2D eigenvalue weighted by molar-refractivity contribution is 5.84. The molecule has 2 saturated heterocycles. The summed E-state index contributed by atoms with van der Waals surface area (Å²) in [7, 11) is 0. The first kappa shape index (κ1) is 17.9. The summed E-state index contributed by atoms with van der Waals surface area (Å²) < 4.78 is 0. The Kier molecular flexibility index (Phi) is 5.71. The number of nitrogens with zero attached hydrogens (tertiary/aromatic N) is 3. The Morgan fingerprint density at radius 1 is 0.960 bits per heavy atom. The number of carbonyl (C=O) groups excluding carboxylic acids is 2. The zero-order valence-corrected chi connectivity index (χ0v) is 15.0. The van der Waals surface area contributed by atoms with Gasteiger partial charge in [-0.25, -0.2) is 0 Å². The fourth-order valence-corrected chi connectivity index (χ4v) is 3.52. The zero-order valence-electron chi connectivity index (χ0n) is 15.0. The van der Waals surface area contributed by atoms with E-state index in [1.54, 1.807) is 4.90 Å². The summed E-state index contributed by atoms with van der Waals surface area (Å²) in [6.45, 7) is 6.88. The van der Waals surface area contributed by atoms with Crippen molar-refractivity contribution in [2.45, 2.75) is 25.8 Å². The standard InChI is InChI=1S/C19H28N4O2/c1-15-4-6-16(7-5-15)18(20)19(25)23-12-10-22(11-13-23)17(24)14-21-8-2-3-9-21/h4-7,18H,2-3,8-14,20H2,1H3. The topological polar surface area (TPSA) is 69.9 Å². The maximum atomic E-state index is 12.6. The number of benzene rings is 1. The molecule has 2 aliphatic rings. The molecule has 0 radical (unpaired) electrons. The number of hydrogen-bond donors (Lipinski definition) is 1. The van der Waals surface area contributed by atoms with Crippen molar-refractivity contribution in [1.82, 2.24) is 14.7 Å². The van der Waals surface area contributed by atoms with Crippen LogP contribution in [0.2, 0.25) is 0 Å². The monoisotopic (exact) mass is 344 g/mol. The molecule has 2 N–H and O–H groups in total. The molecule has 2 amide bonds. The van der Waals surface area contributed by atoms with E-state index < -0.39 is 6.04 Å². The molecule has 0 spiro atoms. The van der Waals surface area contributed by atoms with Crippen LogP contribution in [0.25, 0.3) is 0 Å². The minimum atomic E-state index is -0.632. The fraction of sp³-hybridized carbons (Fsp3) is 0.579. The van der Waals surface area contributed by atoms with E-state index in [4.69, 9.17) is 5.73 Å². The quantitative estimate of drug-likeness (QED) is 0.876. The van der Waals surface area contributed by atoms with E-state index in [0.717, 1.165) is 24.2 Å². The molecule has 1 atom stereocenters. The minimum Gasteiger partial charge on any atom is -0.338 e. The molecule has 6 heteroatoms. The van der Waals surface area contributed by atoms with Crippen LogP contribution in [0, 0.1) is 6.92 Å². The Morgan fingerprint density at radius 2 is 1.52 bits per heavy atom. The van der Waals surface area contributed by atoms with Gasteiger partial charge in [-0.3, -0.25) is 14.5 Å². The van der Waals surface area contributed by atoms with Crippen molar-refractivity contribution in [3.63, 3.8) is 0 Å². The van der Waals surface area contributed by atoms with Gasteiger partial charge in [0.25, 0.3) is 0 Å². The van der Waals surface area contributed by atoms with Crippen LogP contribution in [0.3, 0.4) is 0 Å². The highest BCUT2D eigenvalue weighted by atomic mass is 16.2. The van der Waals surface area contributed by atoms with Crippen LogP contribution >= 0.6 is 0 Å². The van der Waals surface area contributed by atoms with Gasteiger partial charge < -0.3 is 15.5 Å². The normalized spacial score (nSPS) is 19.9. The summed E-state index contributed by atoms with van der Waals surface area (Å²) in [5.41, 5.74) is 8.13. The van der Waals surface area contributed by atoms with Crippen LogP contribution in [0.5, 0.6) is 0 Å². The first-order valence-electron chi connectivity index (χ1n) is 9.15. The number of hydrogen-bond acceptors (Lipinski definition) is 4. The summed E-state index contributed by atoms with van der Waals surface area (Å²) in [4.78, 5) is 30.9. The van der Waals surface area contributed by atoms with E-state index in [9.17, 15) is 9.59 Å². The van der Waals surface area contributed by atoms with Gasteiger partial charge in [0.2, 0.25) is 11.8 Å². The SMILES string of the molecule is Cc1ccc(C(N)C(=O)N2CCN(C(=O)CN3CCCC3)CC2)cc1. The molecule has 3 rings (SSSR count). The molecule has 1 aromatic carbocycles. The fourth-order valence-electron chi connectivity index (χ4n) is 3.52. The van der Waals surface area contributed by atoms with Crippen LogP contribution < -0.4 is 5.73 Å². The summed E-state index contributed by atoms with van der Waals surface area (Å²) in [5.74, 6) is 0.118. The molecule has 1 unspecified atom stereocenters. The van der Waals surface area contributed by atoms with Crippen LogP contribution in [0.1, 0.15) is 30.0 Å². The Bertz CT molecular complexity index is 602. The lowest BCUT2D eigenvalue weighted by atomic mass is 10.0. The second-order valence-electron chi connectivity index (χ2n) is 7.08. The average Bonchev–Trinajstić information content (AvgIpc) is 3.14. The van der Waals surface area contributed by atoms with Crippen LogP contribution in [-0.2, 0) is 9.59 Å². The summed E-state index contributed by atoms with van der Waals surface area (Å²) in [5, 5.41) is 0. The first-order valence-corrected chi connectivity index (χ1v) is 9.15. The van der Waals surface area contributed by atoms with E-state index in [0.29, 0.717) is 32.7 Å². The summed E-state index contributed by atoms with van der Waals surface area (Å²) in [6.07, 6.45) is 2.37. The molecule has 2 aliphatic heterocycles. The molecular formula is C19H28N4O2. The highest BCUT2D eigenvalue weighted by Crippen LogP contribution is 2.16. The van der Waals surface area contributed by atoms with Gasteiger partial charge in [-0.2, -0.15) is 0 Å². The smallest absolute Gasteiger partial charge is 0.244 e. The second kappa shape index (κ2) is 7.97. The van der Waals surface area contributed by atoms with Crippen LogP contribution in [-0.4, -0.2) is 72.3 Å². The maximum absolute atomic E-state index is 12.6.